The third-order valence-electron chi connectivity index (χ3n) is 4.57. The van der Waals surface area contributed by atoms with Gasteiger partial charge in [-0.3, -0.25) is 0 Å². The van der Waals surface area contributed by atoms with Gasteiger partial charge in [0.05, 0.1) is 5.60 Å². The van der Waals surface area contributed by atoms with Crippen molar-refractivity contribution in [2.45, 2.75) is 71.1 Å². The molecule has 1 aliphatic rings. The number of nitrogens with one attached hydrogen (secondary N) is 1. The van der Waals surface area contributed by atoms with Crippen LogP contribution in [-0.4, -0.2) is 49.8 Å². The maximum Gasteiger partial charge on any atom is 0.0641 e. The molecule has 1 saturated heterocycles. The van der Waals surface area contributed by atoms with Gasteiger partial charge in [-0.25, -0.2) is 0 Å². The van der Waals surface area contributed by atoms with E-state index in [0.29, 0.717) is 12.1 Å². The van der Waals surface area contributed by atoms with Crippen LogP contribution in [-0.2, 0) is 4.74 Å². The van der Waals surface area contributed by atoms with Crippen molar-refractivity contribution in [3.8, 4) is 0 Å². The first-order chi connectivity index (χ1) is 8.89. The maximum atomic E-state index is 5.79. The summed E-state index contributed by atoms with van der Waals surface area (Å²) in [4.78, 5) is 2.38. The van der Waals surface area contributed by atoms with Gasteiger partial charge < -0.3 is 15.0 Å². The van der Waals surface area contributed by atoms with E-state index in [-0.39, 0.29) is 5.60 Å². The summed E-state index contributed by atoms with van der Waals surface area (Å²) in [6.45, 7) is 11.0. The van der Waals surface area contributed by atoms with E-state index in [2.05, 4.69) is 52.0 Å². The third-order valence-corrected chi connectivity index (χ3v) is 4.57. The first-order valence-electron chi connectivity index (χ1n) is 7.93. The Morgan fingerprint density at radius 3 is 2.37 bits per heavy atom. The van der Waals surface area contributed by atoms with Gasteiger partial charge in [-0.15, -0.1) is 0 Å². The summed E-state index contributed by atoms with van der Waals surface area (Å²) < 4.78 is 5.79. The zero-order chi connectivity index (χ0) is 14.5. The fourth-order valence-corrected chi connectivity index (χ4v) is 3.30. The third kappa shape index (κ3) is 5.41. The Hall–Kier alpha value is -0.120. The first kappa shape index (κ1) is 16.9. The predicted molar refractivity (Wildman–Crippen MR) is 82.6 cm³/mol. The Kier molecular flexibility index (Phi) is 6.78. The lowest BCUT2D eigenvalue weighted by Gasteiger charge is -2.38. The number of hydrogen-bond acceptors (Lipinski definition) is 3. The lowest BCUT2D eigenvalue weighted by atomic mass is 9.91. The van der Waals surface area contributed by atoms with Crippen molar-refractivity contribution in [1.82, 2.24) is 10.2 Å². The van der Waals surface area contributed by atoms with E-state index in [9.17, 15) is 0 Å². The minimum Gasteiger partial charge on any atom is -0.375 e. The zero-order valence-corrected chi connectivity index (χ0v) is 13.8. The van der Waals surface area contributed by atoms with Crippen LogP contribution in [0.2, 0.25) is 0 Å². The van der Waals surface area contributed by atoms with Crippen LogP contribution in [0.5, 0.6) is 0 Å². The van der Waals surface area contributed by atoms with Gasteiger partial charge in [0.2, 0.25) is 0 Å². The molecule has 0 aromatic rings. The second-order valence-electron chi connectivity index (χ2n) is 6.81. The van der Waals surface area contributed by atoms with E-state index in [1.54, 1.807) is 0 Å². The predicted octanol–water partition coefficient (Wildman–Crippen LogP) is 2.90. The van der Waals surface area contributed by atoms with Crippen molar-refractivity contribution in [2.75, 3.05) is 27.2 Å². The molecule has 114 valence electrons. The van der Waals surface area contributed by atoms with Gasteiger partial charge in [-0.05, 0) is 46.7 Å². The van der Waals surface area contributed by atoms with Gasteiger partial charge >= 0.3 is 0 Å². The zero-order valence-electron chi connectivity index (χ0n) is 13.8. The molecule has 0 aromatic heterocycles. The molecule has 0 aromatic carbocycles. The molecule has 1 N–H and O–H groups in total. The molecule has 0 aliphatic carbocycles. The van der Waals surface area contributed by atoms with E-state index >= 15 is 0 Å². The maximum absolute atomic E-state index is 5.79. The van der Waals surface area contributed by atoms with Crippen LogP contribution >= 0.6 is 0 Å². The summed E-state index contributed by atoms with van der Waals surface area (Å²) in [5, 5.41) is 3.79. The van der Waals surface area contributed by atoms with Crippen molar-refractivity contribution in [1.29, 1.82) is 0 Å². The minimum absolute atomic E-state index is 0.0401. The summed E-state index contributed by atoms with van der Waals surface area (Å²) in [5.41, 5.74) is 0.0401. The van der Waals surface area contributed by atoms with E-state index < -0.39 is 0 Å². The molecule has 0 spiro atoms. The normalized spacial score (nSPS) is 24.9. The molecule has 1 aliphatic heterocycles. The van der Waals surface area contributed by atoms with Crippen molar-refractivity contribution < 1.29 is 4.74 Å². The number of nitrogens with zero attached hydrogens (tertiary/aromatic N) is 1. The summed E-state index contributed by atoms with van der Waals surface area (Å²) >= 11 is 0. The Bertz CT molecular complexity index is 249. The Morgan fingerprint density at radius 1 is 1.26 bits per heavy atom. The van der Waals surface area contributed by atoms with Gasteiger partial charge in [-0.1, -0.05) is 26.7 Å². The summed E-state index contributed by atoms with van der Waals surface area (Å²) in [7, 11) is 4.41. The van der Waals surface area contributed by atoms with Crippen LogP contribution in [0.15, 0.2) is 0 Å². The molecule has 2 atom stereocenters. The topological polar surface area (TPSA) is 24.5 Å². The standard InChI is InChI=1S/C16H34N2O/c1-7-13(8-2)15(18(5)6)12-17-14-9-10-19-16(3,4)11-14/h13-15,17H,7-12H2,1-6H3. The molecule has 1 rings (SSSR count). The molecule has 3 nitrogen and oxygen atoms in total. The Morgan fingerprint density at radius 2 is 1.89 bits per heavy atom. The highest BCUT2D eigenvalue weighted by Crippen LogP contribution is 2.24. The fraction of sp³-hybridized carbons (Fsp3) is 1.00. The molecule has 1 fully saturated rings. The largest absolute Gasteiger partial charge is 0.375 e. The smallest absolute Gasteiger partial charge is 0.0641 e. The van der Waals surface area contributed by atoms with Gasteiger partial charge in [0.25, 0.3) is 0 Å². The number of ether oxygens (including phenoxy) is 1. The molecule has 2 unspecified atom stereocenters. The quantitative estimate of drug-likeness (QED) is 0.770. The number of hydrogen-bond donors (Lipinski definition) is 1. The monoisotopic (exact) mass is 270 g/mol. The van der Waals surface area contributed by atoms with Crippen LogP contribution in [0, 0.1) is 5.92 Å². The minimum atomic E-state index is 0.0401. The molecule has 19 heavy (non-hydrogen) atoms. The molecular weight excluding hydrogens is 236 g/mol. The molecule has 1 heterocycles. The molecular formula is C16H34N2O. The fourth-order valence-electron chi connectivity index (χ4n) is 3.30. The molecule has 0 saturated carbocycles. The lowest BCUT2D eigenvalue weighted by Crippen LogP contribution is -2.49. The number of likely N-dealkylation sites (N-methyl/N-ethyl adjacent to an activating group) is 1. The highest BCUT2D eigenvalue weighted by atomic mass is 16.5. The van der Waals surface area contributed by atoms with E-state index in [1.807, 2.05) is 0 Å². The molecule has 0 bridgehead atoms. The van der Waals surface area contributed by atoms with E-state index in [4.69, 9.17) is 4.74 Å². The van der Waals surface area contributed by atoms with E-state index in [1.165, 1.54) is 12.8 Å². The van der Waals surface area contributed by atoms with Gasteiger partial charge in [0.1, 0.15) is 0 Å². The second-order valence-corrected chi connectivity index (χ2v) is 6.81. The van der Waals surface area contributed by atoms with Crippen LogP contribution in [0.4, 0.5) is 0 Å². The average Bonchev–Trinajstić information content (AvgIpc) is 2.32. The van der Waals surface area contributed by atoms with Crippen molar-refractivity contribution in [2.24, 2.45) is 5.92 Å². The number of rotatable bonds is 7. The Balaban J connectivity index is 2.47. The molecule has 3 heteroatoms. The first-order valence-corrected chi connectivity index (χ1v) is 7.93. The van der Waals surface area contributed by atoms with Crippen LogP contribution in [0.1, 0.15) is 53.4 Å². The summed E-state index contributed by atoms with van der Waals surface area (Å²) in [5.74, 6) is 0.787. The average molecular weight is 270 g/mol. The summed E-state index contributed by atoms with van der Waals surface area (Å²) in [6.07, 6.45) is 4.79. The van der Waals surface area contributed by atoms with Crippen LogP contribution in [0.3, 0.4) is 0 Å². The van der Waals surface area contributed by atoms with Crippen molar-refractivity contribution in [3.63, 3.8) is 0 Å². The molecule has 0 radical (unpaired) electrons. The lowest BCUT2D eigenvalue weighted by molar-refractivity contribution is -0.0635. The van der Waals surface area contributed by atoms with Gasteiger partial charge in [0.15, 0.2) is 0 Å². The highest BCUT2D eigenvalue weighted by molar-refractivity contribution is 4.85. The SMILES string of the molecule is CCC(CC)C(CNC1CCOC(C)(C)C1)N(C)C. The van der Waals surface area contributed by atoms with Gasteiger partial charge in [-0.2, -0.15) is 0 Å². The summed E-state index contributed by atoms with van der Waals surface area (Å²) in [6, 6.07) is 1.25. The highest BCUT2D eigenvalue weighted by Gasteiger charge is 2.29. The van der Waals surface area contributed by atoms with Gasteiger partial charge in [0, 0.05) is 25.2 Å². The van der Waals surface area contributed by atoms with Crippen molar-refractivity contribution >= 4 is 0 Å². The van der Waals surface area contributed by atoms with Crippen LogP contribution < -0.4 is 5.32 Å². The van der Waals surface area contributed by atoms with Crippen molar-refractivity contribution in [3.05, 3.63) is 0 Å². The second kappa shape index (κ2) is 7.61. The van der Waals surface area contributed by atoms with E-state index in [0.717, 1.165) is 31.9 Å². The Labute approximate surface area is 120 Å². The van der Waals surface area contributed by atoms with Crippen LogP contribution in [0.25, 0.3) is 0 Å². The molecule has 0 amide bonds.